The smallest absolute Gasteiger partial charge is 0.165 e. The van der Waals surface area contributed by atoms with Gasteiger partial charge in [0, 0.05) is 11.8 Å². The van der Waals surface area contributed by atoms with Crippen molar-refractivity contribution in [3.8, 4) is 0 Å². The second kappa shape index (κ2) is 2.79. The lowest BCUT2D eigenvalue weighted by molar-refractivity contribution is -0.155. The minimum absolute atomic E-state index is 0.0949. The molecule has 3 aliphatic rings. The second-order valence-corrected chi connectivity index (χ2v) is 6.37. The van der Waals surface area contributed by atoms with Crippen LogP contribution >= 0.6 is 0 Å². The third-order valence-corrected chi connectivity index (χ3v) is 5.77. The van der Waals surface area contributed by atoms with E-state index < -0.39 is 5.60 Å². The van der Waals surface area contributed by atoms with Crippen LogP contribution in [0.15, 0.2) is 12.2 Å². The van der Waals surface area contributed by atoms with E-state index in [9.17, 15) is 9.90 Å². The van der Waals surface area contributed by atoms with Gasteiger partial charge in [-0.2, -0.15) is 0 Å². The molecule has 4 bridgehead atoms. The fourth-order valence-electron chi connectivity index (χ4n) is 4.84. The number of Topliss-reactive ketones (excluding diaryl/α,β-unsaturated/α-hetero) is 1. The average Bonchev–Trinajstić information content (AvgIpc) is 2.53. The zero-order valence-electron chi connectivity index (χ0n) is 10.1. The standard InChI is InChI=1S/C14H20O2/c1-8(2)10-7-13(3)11-4-5-14(13,16)12(15)6-9(10)11/h9-11,16H,1,4-7H2,2-3H3. The van der Waals surface area contributed by atoms with Crippen molar-refractivity contribution in [1.29, 1.82) is 0 Å². The van der Waals surface area contributed by atoms with Crippen LogP contribution in [-0.4, -0.2) is 16.5 Å². The van der Waals surface area contributed by atoms with Gasteiger partial charge >= 0.3 is 0 Å². The summed E-state index contributed by atoms with van der Waals surface area (Å²) in [6.45, 7) is 8.26. The fourth-order valence-corrected chi connectivity index (χ4v) is 4.84. The van der Waals surface area contributed by atoms with Gasteiger partial charge in [0.2, 0.25) is 0 Å². The highest BCUT2D eigenvalue weighted by Crippen LogP contribution is 2.68. The molecule has 1 N–H and O–H groups in total. The number of hydrogen-bond acceptors (Lipinski definition) is 2. The van der Waals surface area contributed by atoms with E-state index in [0.717, 1.165) is 12.8 Å². The van der Waals surface area contributed by atoms with E-state index in [4.69, 9.17) is 0 Å². The Hall–Kier alpha value is -0.630. The Balaban J connectivity index is 2.10. The zero-order valence-corrected chi connectivity index (χ0v) is 10.1. The van der Waals surface area contributed by atoms with Crippen LogP contribution < -0.4 is 0 Å². The van der Waals surface area contributed by atoms with Crippen molar-refractivity contribution in [3.05, 3.63) is 12.2 Å². The minimum Gasteiger partial charge on any atom is -0.381 e. The minimum atomic E-state index is -1.02. The molecule has 3 rings (SSSR count). The van der Waals surface area contributed by atoms with Crippen LogP contribution in [0.1, 0.15) is 39.5 Å². The summed E-state index contributed by atoms with van der Waals surface area (Å²) in [4.78, 5) is 12.1. The first-order valence-corrected chi connectivity index (χ1v) is 6.31. The predicted molar refractivity (Wildman–Crippen MR) is 61.8 cm³/mol. The quantitative estimate of drug-likeness (QED) is 0.689. The Morgan fingerprint density at radius 2 is 2.25 bits per heavy atom. The van der Waals surface area contributed by atoms with E-state index in [1.807, 2.05) is 0 Å². The number of hydrogen-bond donors (Lipinski definition) is 1. The molecule has 0 radical (unpaired) electrons. The van der Waals surface area contributed by atoms with E-state index in [2.05, 4.69) is 20.4 Å². The van der Waals surface area contributed by atoms with Crippen LogP contribution in [0.3, 0.4) is 0 Å². The van der Waals surface area contributed by atoms with Crippen LogP contribution in [0.2, 0.25) is 0 Å². The molecule has 2 heteroatoms. The summed E-state index contributed by atoms with van der Waals surface area (Å²) in [5, 5.41) is 10.7. The summed E-state index contributed by atoms with van der Waals surface area (Å²) in [6, 6.07) is 0. The lowest BCUT2D eigenvalue weighted by Gasteiger charge is -2.42. The summed E-state index contributed by atoms with van der Waals surface area (Å²) in [6.07, 6.45) is 3.24. The van der Waals surface area contributed by atoms with Gasteiger partial charge in [0.05, 0.1) is 0 Å². The van der Waals surface area contributed by atoms with E-state index in [1.54, 1.807) is 0 Å². The normalized spacial score (nSPS) is 54.4. The van der Waals surface area contributed by atoms with Gasteiger partial charge in [-0.1, -0.05) is 19.1 Å². The Morgan fingerprint density at radius 1 is 1.56 bits per heavy atom. The molecule has 5 atom stereocenters. The largest absolute Gasteiger partial charge is 0.381 e. The van der Waals surface area contributed by atoms with Gasteiger partial charge in [0.25, 0.3) is 0 Å². The second-order valence-electron chi connectivity index (χ2n) is 6.37. The highest BCUT2D eigenvalue weighted by molar-refractivity contribution is 5.90. The Labute approximate surface area is 96.7 Å². The molecule has 3 fully saturated rings. The lowest BCUT2D eigenvalue weighted by atomic mass is 9.64. The molecule has 0 aliphatic heterocycles. The molecule has 0 spiro atoms. The summed E-state index contributed by atoms with van der Waals surface area (Å²) in [5.74, 6) is 1.54. The topological polar surface area (TPSA) is 37.3 Å². The summed E-state index contributed by atoms with van der Waals surface area (Å²) in [5.41, 5.74) is 0.00676. The molecule has 0 aromatic carbocycles. The first kappa shape index (κ1) is 10.5. The van der Waals surface area contributed by atoms with E-state index >= 15 is 0 Å². The van der Waals surface area contributed by atoms with Crippen LogP contribution in [0, 0.1) is 23.2 Å². The molecule has 16 heavy (non-hydrogen) atoms. The summed E-state index contributed by atoms with van der Waals surface area (Å²) >= 11 is 0. The van der Waals surface area contributed by atoms with Crippen molar-refractivity contribution in [1.82, 2.24) is 0 Å². The monoisotopic (exact) mass is 220 g/mol. The van der Waals surface area contributed by atoms with Crippen molar-refractivity contribution in [2.45, 2.75) is 45.1 Å². The molecule has 0 saturated heterocycles. The van der Waals surface area contributed by atoms with Crippen molar-refractivity contribution < 1.29 is 9.90 Å². The van der Waals surface area contributed by atoms with Gasteiger partial charge in [-0.15, -0.1) is 0 Å². The van der Waals surface area contributed by atoms with Crippen LogP contribution in [-0.2, 0) is 4.79 Å². The van der Waals surface area contributed by atoms with Gasteiger partial charge in [-0.05, 0) is 43.9 Å². The van der Waals surface area contributed by atoms with E-state index in [-0.39, 0.29) is 11.2 Å². The first-order valence-electron chi connectivity index (χ1n) is 6.31. The van der Waals surface area contributed by atoms with Gasteiger partial charge in [-0.3, -0.25) is 4.79 Å². The maximum absolute atomic E-state index is 12.1. The number of allylic oxidation sites excluding steroid dienone is 1. The Bertz CT molecular complexity index is 386. The maximum atomic E-state index is 12.1. The van der Waals surface area contributed by atoms with Crippen LogP contribution in [0.25, 0.3) is 0 Å². The predicted octanol–water partition coefficient (Wildman–Crippen LogP) is 2.32. The SMILES string of the molecule is C=C(C)C1CC2(C)C3CCC2(O)C(=O)CC13. The molecule has 3 saturated carbocycles. The molecule has 5 unspecified atom stereocenters. The number of carbonyl (C=O) groups is 1. The number of ketones is 1. The molecular weight excluding hydrogens is 200 g/mol. The van der Waals surface area contributed by atoms with Crippen molar-refractivity contribution in [2.75, 3.05) is 0 Å². The van der Waals surface area contributed by atoms with Crippen molar-refractivity contribution in [3.63, 3.8) is 0 Å². The maximum Gasteiger partial charge on any atom is 0.165 e. The van der Waals surface area contributed by atoms with Crippen molar-refractivity contribution >= 4 is 5.78 Å². The molecule has 2 nitrogen and oxygen atoms in total. The molecule has 0 amide bonds. The fraction of sp³-hybridized carbons (Fsp3) is 0.786. The van der Waals surface area contributed by atoms with Gasteiger partial charge in [0.1, 0.15) is 5.60 Å². The first-order chi connectivity index (χ1) is 7.40. The van der Waals surface area contributed by atoms with Crippen molar-refractivity contribution in [2.24, 2.45) is 23.2 Å². The average molecular weight is 220 g/mol. The van der Waals surface area contributed by atoms with Gasteiger partial charge in [0.15, 0.2) is 5.78 Å². The van der Waals surface area contributed by atoms with E-state index in [1.165, 1.54) is 5.57 Å². The Morgan fingerprint density at radius 3 is 2.88 bits per heavy atom. The molecule has 0 aromatic heterocycles. The van der Waals surface area contributed by atoms with Crippen LogP contribution in [0.5, 0.6) is 0 Å². The van der Waals surface area contributed by atoms with Gasteiger partial charge < -0.3 is 5.11 Å². The molecule has 0 aromatic rings. The molecular formula is C14H20O2. The highest BCUT2D eigenvalue weighted by Gasteiger charge is 2.70. The third kappa shape index (κ3) is 0.912. The number of carbonyl (C=O) groups excluding carboxylic acids is 1. The van der Waals surface area contributed by atoms with Gasteiger partial charge in [-0.25, -0.2) is 0 Å². The number of aliphatic hydroxyl groups is 1. The third-order valence-electron chi connectivity index (χ3n) is 5.77. The zero-order chi connectivity index (χ0) is 11.7. The summed E-state index contributed by atoms with van der Waals surface area (Å²) in [7, 11) is 0. The molecule has 88 valence electrons. The number of rotatable bonds is 1. The lowest BCUT2D eigenvalue weighted by Crippen LogP contribution is -2.52. The Kier molecular flexibility index (Phi) is 1.83. The summed E-state index contributed by atoms with van der Waals surface area (Å²) < 4.78 is 0. The molecule has 3 aliphatic carbocycles. The van der Waals surface area contributed by atoms with E-state index in [0.29, 0.717) is 30.6 Å². The molecule has 0 heterocycles. The highest BCUT2D eigenvalue weighted by atomic mass is 16.3. The van der Waals surface area contributed by atoms with Crippen LogP contribution in [0.4, 0.5) is 0 Å².